The summed E-state index contributed by atoms with van der Waals surface area (Å²) < 4.78 is 5.57. The van der Waals surface area contributed by atoms with Crippen molar-refractivity contribution in [2.75, 3.05) is 11.9 Å². The molecule has 4 nitrogen and oxygen atoms in total. The van der Waals surface area contributed by atoms with Crippen molar-refractivity contribution >= 4 is 11.6 Å². The fourth-order valence-corrected chi connectivity index (χ4v) is 1.54. The van der Waals surface area contributed by atoms with Crippen molar-refractivity contribution in [2.24, 2.45) is 0 Å². The minimum atomic E-state index is -0.789. The van der Waals surface area contributed by atoms with E-state index in [1.807, 2.05) is 0 Å². The normalized spacial score (nSPS) is 18.8. The Bertz CT molecular complexity index is 387. The van der Waals surface area contributed by atoms with Crippen molar-refractivity contribution in [3.63, 3.8) is 0 Å². The van der Waals surface area contributed by atoms with Crippen LogP contribution in [0.1, 0.15) is 13.8 Å². The van der Waals surface area contributed by atoms with E-state index in [0.29, 0.717) is 5.75 Å². The zero-order valence-corrected chi connectivity index (χ0v) is 8.44. The molecule has 0 unspecified atom stereocenters. The van der Waals surface area contributed by atoms with E-state index in [0.717, 1.165) is 5.69 Å². The van der Waals surface area contributed by atoms with Crippen LogP contribution < -0.4 is 9.64 Å². The summed E-state index contributed by atoms with van der Waals surface area (Å²) >= 11 is 0. The minimum Gasteiger partial charge on any atom is -0.476 e. The second-order valence-corrected chi connectivity index (χ2v) is 3.82. The van der Waals surface area contributed by atoms with E-state index in [9.17, 15) is 4.79 Å². The molecule has 0 bridgehead atoms. The first kappa shape index (κ1) is 8.99. The lowest BCUT2D eigenvalue weighted by atomic mass is 10.1. The fourth-order valence-electron chi connectivity index (χ4n) is 1.54. The Morgan fingerprint density at radius 3 is 2.93 bits per heavy atom. The summed E-state index contributed by atoms with van der Waals surface area (Å²) in [6.45, 7) is 3.52. The number of aromatic nitrogens is 1. The van der Waals surface area contributed by atoms with Crippen LogP contribution in [-0.2, 0) is 4.79 Å². The molecule has 0 N–H and O–H groups in total. The van der Waals surface area contributed by atoms with E-state index < -0.39 is 5.60 Å². The first-order valence-corrected chi connectivity index (χ1v) is 4.43. The zero-order valence-electron chi connectivity index (χ0n) is 8.44. The van der Waals surface area contributed by atoms with Crippen LogP contribution in [0.4, 0.5) is 5.69 Å². The van der Waals surface area contributed by atoms with Crippen LogP contribution in [0.2, 0.25) is 0 Å². The third-order valence-electron chi connectivity index (χ3n) is 2.31. The summed E-state index contributed by atoms with van der Waals surface area (Å²) in [6.07, 6.45) is 3.28. The number of hydrogen-bond acceptors (Lipinski definition) is 3. The molecule has 0 saturated carbocycles. The highest BCUT2D eigenvalue weighted by Crippen LogP contribution is 2.35. The van der Waals surface area contributed by atoms with Crippen LogP contribution in [0.5, 0.6) is 5.75 Å². The molecule has 0 atom stereocenters. The lowest BCUT2D eigenvalue weighted by Crippen LogP contribution is -2.50. The molecule has 2 rings (SSSR count). The maximum absolute atomic E-state index is 11.8. The van der Waals surface area contributed by atoms with E-state index in [2.05, 4.69) is 4.98 Å². The Balaban J connectivity index is 2.53. The predicted octanol–water partition coefficient (Wildman–Crippen LogP) is 1.22. The van der Waals surface area contributed by atoms with Gasteiger partial charge >= 0.3 is 0 Å². The molecule has 1 amide bonds. The van der Waals surface area contributed by atoms with E-state index in [-0.39, 0.29) is 5.91 Å². The zero-order chi connectivity index (χ0) is 10.3. The number of nitrogens with zero attached hydrogens (tertiary/aromatic N) is 2. The van der Waals surface area contributed by atoms with E-state index in [1.54, 1.807) is 44.3 Å². The Hall–Kier alpha value is -1.58. The van der Waals surface area contributed by atoms with E-state index in [1.165, 1.54) is 0 Å². The Morgan fingerprint density at radius 1 is 1.50 bits per heavy atom. The van der Waals surface area contributed by atoms with Crippen molar-refractivity contribution in [2.45, 2.75) is 19.4 Å². The predicted molar refractivity (Wildman–Crippen MR) is 52.4 cm³/mol. The summed E-state index contributed by atoms with van der Waals surface area (Å²) in [5.41, 5.74) is -0.0693. The number of rotatable bonds is 0. The number of anilines is 1. The van der Waals surface area contributed by atoms with Gasteiger partial charge in [-0.3, -0.25) is 9.78 Å². The molecule has 4 heteroatoms. The molecule has 1 aliphatic heterocycles. The van der Waals surface area contributed by atoms with Crippen molar-refractivity contribution in [1.29, 1.82) is 0 Å². The number of ether oxygens (including phenoxy) is 1. The van der Waals surface area contributed by atoms with Gasteiger partial charge in [0.2, 0.25) is 0 Å². The molecular weight excluding hydrogens is 180 g/mol. The van der Waals surface area contributed by atoms with Gasteiger partial charge in [-0.1, -0.05) is 0 Å². The lowest BCUT2D eigenvalue weighted by Gasteiger charge is -2.36. The van der Waals surface area contributed by atoms with Crippen LogP contribution in [0.3, 0.4) is 0 Å². The van der Waals surface area contributed by atoms with Gasteiger partial charge in [0.15, 0.2) is 5.60 Å². The van der Waals surface area contributed by atoms with Gasteiger partial charge in [0, 0.05) is 19.3 Å². The Morgan fingerprint density at radius 2 is 2.21 bits per heavy atom. The highest BCUT2D eigenvalue weighted by atomic mass is 16.5. The number of carbonyl (C=O) groups excluding carboxylic acids is 1. The van der Waals surface area contributed by atoms with Gasteiger partial charge in [0.05, 0.1) is 6.20 Å². The maximum atomic E-state index is 11.8. The molecule has 1 aromatic rings. The maximum Gasteiger partial charge on any atom is 0.270 e. The average molecular weight is 192 g/mol. The first-order chi connectivity index (χ1) is 6.52. The summed E-state index contributed by atoms with van der Waals surface area (Å²) in [6, 6.07) is 1.76. The largest absolute Gasteiger partial charge is 0.476 e. The van der Waals surface area contributed by atoms with Crippen LogP contribution in [0, 0.1) is 0 Å². The molecule has 14 heavy (non-hydrogen) atoms. The van der Waals surface area contributed by atoms with Gasteiger partial charge < -0.3 is 9.64 Å². The standard InChI is InChI=1S/C10H12N2O2/c1-10(2)9(13)12(3)7-6-11-5-4-8(7)14-10/h4-6H,1-3H3. The smallest absolute Gasteiger partial charge is 0.270 e. The SMILES string of the molecule is CN1C(=O)C(C)(C)Oc2ccncc21. The van der Waals surface area contributed by atoms with Gasteiger partial charge in [-0.15, -0.1) is 0 Å². The Kier molecular flexibility index (Phi) is 1.74. The molecule has 2 heterocycles. The Labute approximate surface area is 82.5 Å². The van der Waals surface area contributed by atoms with E-state index in [4.69, 9.17) is 4.74 Å². The lowest BCUT2D eigenvalue weighted by molar-refractivity contribution is -0.132. The number of amides is 1. The highest BCUT2D eigenvalue weighted by Gasteiger charge is 2.39. The monoisotopic (exact) mass is 192 g/mol. The first-order valence-electron chi connectivity index (χ1n) is 4.43. The van der Waals surface area contributed by atoms with Crippen LogP contribution in [-0.4, -0.2) is 23.5 Å². The summed E-state index contributed by atoms with van der Waals surface area (Å²) in [7, 11) is 1.73. The van der Waals surface area contributed by atoms with Gasteiger partial charge in [-0.05, 0) is 13.8 Å². The second-order valence-electron chi connectivity index (χ2n) is 3.82. The van der Waals surface area contributed by atoms with Crippen molar-refractivity contribution in [1.82, 2.24) is 4.98 Å². The third-order valence-corrected chi connectivity index (χ3v) is 2.31. The summed E-state index contributed by atoms with van der Waals surface area (Å²) in [4.78, 5) is 17.3. The van der Waals surface area contributed by atoms with E-state index >= 15 is 0 Å². The molecule has 0 aliphatic carbocycles. The molecule has 0 radical (unpaired) electrons. The molecule has 1 aliphatic rings. The van der Waals surface area contributed by atoms with Gasteiger partial charge in [-0.25, -0.2) is 0 Å². The van der Waals surface area contributed by atoms with Crippen molar-refractivity contribution < 1.29 is 9.53 Å². The average Bonchev–Trinajstić information content (AvgIpc) is 2.14. The molecule has 74 valence electrons. The molecule has 0 aromatic carbocycles. The highest BCUT2D eigenvalue weighted by molar-refractivity contribution is 6.01. The minimum absolute atomic E-state index is 0.0574. The van der Waals surface area contributed by atoms with Crippen LogP contribution in [0.15, 0.2) is 18.5 Å². The topological polar surface area (TPSA) is 42.4 Å². The molecular formula is C10H12N2O2. The van der Waals surface area contributed by atoms with Gasteiger partial charge in [0.1, 0.15) is 11.4 Å². The number of likely N-dealkylation sites (N-methyl/N-ethyl adjacent to an activating group) is 1. The number of fused-ring (bicyclic) bond motifs is 1. The fraction of sp³-hybridized carbons (Fsp3) is 0.400. The number of carbonyl (C=O) groups is 1. The van der Waals surface area contributed by atoms with Crippen LogP contribution in [0.25, 0.3) is 0 Å². The summed E-state index contributed by atoms with van der Waals surface area (Å²) in [5.74, 6) is 0.644. The van der Waals surface area contributed by atoms with Gasteiger partial charge in [-0.2, -0.15) is 0 Å². The molecule has 0 fully saturated rings. The third kappa shape index (κ3) is 1.14. The van der Waals surface area contributed by atoms with Crippen molar-refractivity contribution in [3.05, 3.63) is 18.5 Å². The number of hydrogen-bond donors (Lipinski definition) is 0. The second kappa shape index (κ2) is 2.70. The molecule has 0 saturated heterocycles. The molecule has 0 spiro atoms. The van der Waals surface area contributed by atoms with Crippen LogP contribution >= 0.6 is 0 Å². The summed E-state index contributed by atoms with van der Waals surface area (Å²) in [5, 5.41) is 0. The van der Waals surface area contributed by atoms with Crippen molar-refractivity contribution in [3.8, 4) is 5.75 Å². The van der Waals surface area contributed by atoms with Gasteiger partial charge in [0.25, 0.3) is 5.91 Å². The quantitative estimate of drug-likeness (QED) is 0.620. The molecule has 1 aromatic heterocycles. The number of pyridine rings is 1.